The van der Waals surface area contributed by atoms with Gasteiger partial charge in [-0.2, -0.15) is 18.8 Å². The molecule has 3 aromatic carbocycles. The highest BCUT2D eigenvalue weighted by molar-refractivity contribution is 7.59. The van der Waals surface area contributed by atoms with Gasteiger partial charge in [-0.25, -0.2) is 9.97 Å². The molecule has 18 heteroatoms. The van der Waals surface area contributed by atoms with Crippen molar-refractivity contribution in [2.75, 3.05) is 51.4 Å². The molecule has 1 aliphatic heterocycles. The van der Waals surface area contributed by atoms with Crippen LogP contribution in [0.1, 0.15) is 92.9 Å². The average molecular weight is 937 g/mol. The van der Waals surface area contributed by atoms with Crippen molar-refractivity contribution in [2.45, 2.75) is 83.7 Å². The second-order valence-corrected chi connectivity index (χ2v) is 17.6. The van der Waals surface area contributed by atoms with Crippen molar-refractivity contribution in [1.82, 2.24) is 20.2 Å². The Morgan fingerprint density at radius 1 is 0.881 bits per heavy atom. The summed E-state index contributed by atoms with van der Waals surface area (Å²) in [5, 5.41) is 12.1. The molecule has 4 aromatic rings. The number of carbonyl (C=O) groups is 5. The lowest BCUT2D eigenvalue weighted by molar-refractivity contribution is -0.142. The molecule has 0 spiro atoms. The minimum atomic E-state index is -1.29. The smallest absolute Gasteiger partial charge is 0.226 e. The van der Waals surface area contributed by atoms with Gasteiger partial charge in [-0.15, -0.1) is 0 Å². The number of hydrogen-bond donors (Lipinski definition) is 6. The summed E-state index contributed by atoms with van der Waals surface area (Å²) < 4.78 is 12.2. The van der Waals surface area contributed by atoms with E-state index in [0.29, 0.717) is 39.3 Å². The molecule has 67 heavy (non-hydrogen) atoms. The number of Topliss-reactive ketones (excluding diaryl/α,β-unsaturated/α-hetero) is 3. The number of aromatic nitrogens is 2. The topological polar surface area (TPSA) is 299 Å². The number of rotatable bonds is 17. The van der Waals surface area contributed by atoms with E-state index in [1.54, 1.807) is 43.3 Å². The predicted molar refractivity (Wildman–Crippen MR) is 262 cm³/mol. The summed E-state index contributed by atoms with van der Waals surface area (Å²) in [5.41, 5.74) is 34.1. The fourth-order valence-corrected chi connectivity index (χ4v) is 8.00. The zero-order valence-corrected chi connectivity index (χ0v) is 39.9. The second kappa shape index (κ2) is 23.9. The number of carbonyl (C=O) groups excluding carboxylic acids is 5. The van der Waals surface area contributed by atoms with Gasteiger partial charge in [0.1, 0.15) is 48.0 Å². The molecular formula is C49H64N10O7S. The first kappa shape index (κ1) is 53.2. The third-order valence-electron chi connectivity index (χ3n) is 11.6. The molecule has 0 saturated carbocycles. The second-order valence-electron chi connectivity index (χ2n) is 17.6. The molecule has 0 fully saturated rings. The molecule has 2 amide bonds. The Balaban J connectivity index is 0.00000980. The Morgan fingerprint density at radius 2 is 1.48 bits per heavy atom. The molecule has 11 N–H and O–H groups in total. The Labute approximate surface area is 399 Å². The van der Waals surface area contributed by atoms with E-state index in [9.17, 15) is 29.2 Å². The van der Waals surface area contributed by atoms with E-state index in [-0.39, 0.29) is 119 Å². The highest BCUT2D eigenvalue weighted by Crippen LogP contribution is 2.41. The third kappa shape index (κ3) is 13.2. The fraction of sp³-hybridized carbons (Fsp3) is 0.429. The van der Waals surface area contributed by atoms with Crippen LogP contribution in [0.15, 0.2) is 60.7 Å². The number of nitrogens with zero attached hydrogens (tertiary/aromatic N) is 4. The number of likely N-dealkylation sites (N-methyl/N-ethyl adjacent to an activating group) is 1. The monoisotopic (exact) mass is 936 g/mol. The van der Waals surface area contributed by atoms with Gasteiger partial charge in [-0.1, -0.05) is 64.1 Å². The molecule has 1 aromatic heterocycles. The Morgan fingerprint density at radius 3 is 2.04 bits per heavy atom. The van der Waals surface area contributed by atoms with E-state index < -0.39 is 47.3 Å². The molecule has 0 unspecified atom stereocenters. The van der Waals surface area contributed by atoms with Crippen molar-refractivity contribution in [2.24, 2.45) is 29.0 Å². The zero-order chi connectivity index (χ0) is 48.3. The zero-order valence-electron chi connectivity index (χ0n) is 38.9. The maximum absolute atomic E-state index is 14.8. The Hall–Kier alpha value is -6.39. The first-order valence-electron chi connectivity index (χ1n) is 22.1. The van der Waals surface area contributed by atoms with Crippen LogP contribution in [-0.4, -0.2) is 90.0 Å². The van der Waals surface area contributed by atoms with Crippen molar-refractivity contribution >= 4 is 54.3 Å². The van der Waals surface area contributed by atoms with Gasteiger partial charge in [0.25, 0.3) is 0 Å². The summed E-state index contributed by atoms with van der Waals surface area (Å²) in [6.45, 7) is 8.58. The van der Waals surface area contributed by atoms with E-state index in [2.05, 4.69) is 36.1 Å². The number of nitrogens with one attached hydrogen (secondary N) is 1. The van der Waals surface area contributed by atoms with E-state index in [1.165, 1.54) is 11.9 Å². The number of nitrogens with two attached hydrogens (primary N) is 5. The van der Waals surface area contributed by atoms with Crippen molar-refractivity contribution < 1.29 is 33.4 Å². The van der Waals surface area contributed by atoms with Crippen LogP contribution in [0.3, 0.4) is 0 Å². The van der Waals surface area contributed by atoms with Gasteiger partial charge < -0.3 is 48.4 Å². The number of nitriles is 1. The van der Waals surface area contributed by atoms with Gasteiger partial charge in [0.2, 0.25) is 11.8 Å². The summed E-state index contributed by atoms with van der Waals surface area (Å²) in [4.78, 5) is 80.9. The van der Waals surface area contributed by atoms with Gasteiger partial charge >= 0.3 is 0 Å². The fourth-order valence-electron chi connectivity index (χ4n) is 8.00. The lowest BCUT2D eigenvalue weighted by Crippen LogP contribution is -2.46. The minimum absolute atomic E-state index is 0. The highest BCUT2D eigenvalue weighted by Gasteiger charge is 2.37. The van der Waals surface area contributed by atoms with Crippen molar-refractivity contribution in [3.63, 3.8) is 0 Å². The summed E-state index contributed by atoms with van der Waals surface area (Å²) in [6.07, 6.45) is -0.716. The number of amides is 2. The van der Waals surface area contributed by atoms with Gasteiger partial charge in [-0.3, -0.25) is 24.0 Å². The number of nitrogen functional groups attached to an aromatic ring is 2. The number of ketones is 3. The minimum Gasteiger partial charge on any atom is -0.492 e. The number of hydrogen-bond acceptors (Lipinski definition) is 15. The Bertz CT molecular complexity index is 2450. The van der Waals surface area contributed by atoms with Crippen LogP contribution in [0.5, 0.6) is 11.5 Å². The van der Waals surface area contributed by atoms with E-state index in [0.717, 1.165) is 5.56 Å². The van der Waals surface area contributed by atoms with Crippen molar-refractivity contribution in [3.05, 3.63) is 82.9 Å². The first-order valence-corrected chi connectivity index (χ1v) is 22.1. The number of anilines is 2. The van der Waals surface area contributed by atoms with E-state index >= 15 is 0 Å². The summed E-state index contributed by atoms with van der Waals surface area (Å²) in [6, 6.07) is 17.7. The lowest BCUT2D eigenvalue weighted by Gasteiger charge is -2.32. The number of ether oxygens (including phenoxy) is 2. The normalized spacial score (nSPS) is 16.6. The molecular weight excluding hydrogens is 873 g/mol. The summed E-state index contributed by atoms with van der Waals surface area (Å²) >= 11 is 0. The molecule has 5 rings (SSSR count). The summed E-state index contributed by atoms with van der Waals surface area (Å²) in [7, 11) is 1.46. The van der Waals surface area contributed by atoms with Crippen LogP contribution in [0.25, 0.3) is 22.5 Å². The maximum atomic E-state index is 14.8. The number of fused-ring (bicyclic) bond motifs is 5. The van der Waals surface area contributed by atoms with Crippen LogP contribution < -0.4 is 43.5 Å². The van der Waals surface area contributed by atoms with Gasteiger partial charge in [0, 0.05) is 74.3 Å². The average Bonchev–Trinajstić information content (AvgIpc) is 3.28. The quantitative estimate of drug-likeness (QED) is 0.0804. The molecule has 0 saturated heterocycles. The Kier molecular flexibility index (Phi) is 19.0. The molecule has 0 aliphatic carbocycles. The molecule has 2 heterocycles. The van der Waals surface area contributed by atoms with Crippen LogP contribution in [0.4, 0.5) is 11.6 Å². The van der Waals surface area contributed by atoms with Gasteiger partial charge in [0.15, 0.2) is 23.2 Å². The largest absolute Gasteiger partial charge is 0.492 e. The molecule has 358 valence electrons. The van der Waals surface area contributed by atoms with E-state index in [1.807, 2.05) is 30.3 Å². The lowest BCUT2D eigenvalue weighted by atomic mass is 9.86. The van der Waals surface area contributed by atoms with Crippen LogP contribution >= 0.6 is 13.5 Å². The van der Waals surface area contributed by atoms with Crippen LogP contribution in [0, 0.1) is 23.2 Å². The first-order chi connectivity index (χ1) is 31.4. The van der Waals surface area contributed by atoms with Crippen LogP contribution in [0.2, 0.25) is 0 Å². The molecule has 4 bridgehead atoms. The molecule has 1 aliphatic rings. The maximum Gasteiger partial charge on any atom is 0.226 e. The standard InChI is InChI=1S/C49H62N10O7.H2S/c1-28-23-39(62)43(59(5)48(64)32(16-18-51)27-38(61)42-44(54)57-46(58-45(42)55)30-9-12-33(13-10-30)49(2,3)4)31-11-15-41(66-22-20-53)35(26-31)34-24-29(8-14-40(34)65-21-19-52)25-36(56-47(28)63)37(60)7-6-17-50;/h8-15,24,26,28,32,36,43H,6-7,16,18-23,25,27,51-53H2,1-5H3,(H,56,63)(H4,54,55,57,58);1H2/t28-,32-,36+,43+;/m1./s1. The molecule has 0 radical (unpaired) electrons. The van der Waals surface area contributed by atoms with Gasteiger partial charge in [-0.05, 0) is 65.8 Å². The molecule has 4 atom stereocenters. The van der Waals surface area contributed by atoms with Crippen LogP contribution in [-0.2, 0) is 31.0 Å². The SMILES string of the molecule is C[C@@H]1CC(=O)[C@@H](N(C)C(=O)[C@H](CCN)CC(=O)c2c(N)nc(-c3ccc(C(C)(C)C)cc3)nc2N)c2ccc(OCCN)c(c2)-c2cc(ccc2OCCN)C[C@@H](C(=O)CCC#N)NC1=O.S. The highest BCUT2D eigenvalue weighted by atomic mass is 32.1. The van der Waals surface area contributed by atoms with Crippen molar-refractivity contribution in [3.8, 4) is 40.1 Å². The van der Waals surface area contributed by atoms with Gasteiger partial charge in [0.05, 0.1) is 12.1 Å². The molecule has 17 nitrogen and oxygen atoms in total. The predicted octanol–water partition coefficient (Wildman–Crippen LogP) is 4.31. The third-order valence-corrected chi connectivity index (χ3v) is 11.6. The van der Waals surface area contributed by atoms with Crippen molar-refractivity contribution in [1.29, 1.82) is 5.26 Å². The van der Waals surface area contributed by atoms with E-state index in [4.69, 9.17) is 38.1 Å². The summed E-state index contributed by atoms with van der Waals surface area (Å²) in [5.74, 6) is -3.83. The number of benzene rings is 3.